The van der Waals surface area contributed by atoms with Gasteiger partial charge in [0.15, 0.2) is 5.96 Å². The number of nitrogens with zero attached hydrogens (tertiary/aromatic N) is 1. The van der Waals surface area contributed by atoms with Gasteiger partial charge in [0.2, 0.25) is 5.91 Å². The van der Waals surface area contributed by atoms with Gasteiger partial charge in [-0.25, -0.2) is 0 Å². The maximum atomic E-state index is 10.7. The first-order chi connectivity index (χ1) is 6.63. The second kappa shape index (κ2) is 4.27. The maximum absolute atomic E-state index is 10.7. The van der Waals surface area contributed by atoms with Crippen LogP contribution in [-0.2, 0) is 0 Å². The van der Waals surface area contributed by atoms with E-state index < -0.39 is 5.91 Å². The monoisotopic (exact) mass is 192 g/mol. The quantitative estimate of drug-likeness (QED) is 0.459. The largest absolute Gasteiger partial charge is 0.370 e. The van der Waals surface area contributed by atoms with E-state index in [0.717, 1.165) is 5.69 Å². The molecule has 0 atom stereocenters. The summed E-state index contributed by atoms with van der Waals surface area (Å²) in [6.07, 6.45) is 0. The standard InChI is InChI=1S/C9H12N4O/c1-12-9(11)13-7-4-2-6(3-5-7)8(10)14/h2-5H,1H3,(H2,10,14)(H3,11,12,13). The van der Waals surface area contributed by atoms with E-state index in [4.69, 9.17) is 11.5 Å². The zero-order chi connectivity index (χ0) is 10.6. The lowest BCUT2D eigenvalue weighted by molar-refractivity contribution is 0.100. The van der Waals surface area contributed by atoms with Gasteiger partial charge in [-0.3, -0.25) is 9.79 Å². The van der Waals surface area contributed by atoms with Crippen LogP contribution in [0.2, 0.25) is 0 Å². The number of anilines is 1. The normalized spacial score (nSPS) is 11.1. The minimum absolute atomic E-state index is 0.317. The minimum atomic E-state index is -0.450. The van der Waals surface area contributed by atoms with Crippen LogP contribution >= 0.6 is 0 Å². The van der Waals surface area contributed by atoms with E-state index in [1.54, 1.807) is 31.3 Å². The molecule has 0 aliphatic rings. The molecular weight excluding hydrogens is 180 g/mol. The first-order valence-corrected chi connectivity index (χ1v) is 4.02. The Bertz CT molecular complexity index is 356. The average Bonchev–Trinajstić information content (AvgIpc) is 2.18. The molecule has 1 amide bonds. The number of aliphatic imine (C=N–C) groups is 1. The molecule has 5 N–H and O–H groups in total. The number of carbonyl (C=O) groups excluding carboxylic acids is 1. The first-order valence-electron chi connectivity index (χ1n) is 4.02. The molecule has 0 unspecified atom stereocenters. The Hall–Kier alpha value is -2.04. The molecule has 74 valence electrons. The molecule has 14 heavy (non-hydrogen) atoms. The summed E-state index contributed by atoms with van der Waals surface area (Å²) in [5.41, 5.74) is 11.8. The molecule has 0 aromatic heterocycles. The van der Waals surface area contributed by atoms with Gasteiger partial charge in [0.1, 0.15) is 0 Å². The fourth-order valence-corrected chi connectivity index (χ4v) is 0.922. The molecule has 0 heterocycles. The summed E-state index contributed by atoms with van der Waals surface area (Å²) in [6.45, 7) is 0. The number of carbonyl (C=O) groups is 1. The Kier molecular flexibility index (Phi) is 3.06. The predicted molar refractivity (Wildman–Crippen MR) is 56.1 cm³/mol. The van der Waals surface area contributed by atoms with E-state index in [9.17, 15) is 4.79 Å². The number of nitrogens with two attached hydrogens (primary N) is 2. The molecule has 0 radical (unpaired) electrons. The fourth-order valence-electron chi connectivity index (χ4n) is 0.922. The Morgan fingerprint density at radius 1 is 1.29 bits per heavy atom. The van der Waals surface area contributed by atoms with Crippen molar-refractivity contribution >= 4 is 17.6 Å². The summed E-state index contributed by atoms with van der Waals surface area (Å²) in [7, 11) is 1.58. The lowest BCUT2D eigenvalue weighted by Crippen LogP contribution is -2.22. The average molecular weight is 192 g/mol. The lowest BCUT2D eigenvalue weighted by Gasteiger charge is -2.04. The zero-order valence-corrected chi connectivity index (χ0v) is 7.82. The molecule has 0 saturated carbocycles. The molecule has 5 heteroatoms. The number of rotatable bonds is 2. The Labute approximate surface area is 81.8 Å². The summed E-state index contributed by atoms with van der Waals surface area (Å²) < 4.78 is 0. The van der Waals surface area contributed by atoms with Crippen molar-refractivity contribution in [1.82, 2.24) is 0 Å². The Morgan fingerprint density at radius 2 is 1.86 bits per heavy atom. The van der Waals surface area contributed by atoms with E-state index in [2.05, 4.69) is 10.3 Å². The number of primary amides is 1. The third kappa shape index (κ3) is 2.48. The van der Waals surface area contributed by atoms with Gasteiger partial charge < -0.3 is 16.8 Å². The van der Waals surface area contributed by atoms with E-state index in [0.29, 0.717) is 11.5 Å². The van der Waals surface area contributed by atoms with Gasteiger partial charge in [0.05, 0.1) is 0 Å². The smallest absolute Gasteiger partial charge is 0.248 e. The minimum Gasteiger partial charge on any atom is -0.370 e. The topological polar surface area (TPSA) is 93.5 Å². The molecule has 1 aromatic rings. The van der Waals surface area contributed by atoms with Crippen molar-refractivity contribution in [2.24, 2.45) is 16.5 Å². The Balaban J connectivity index is 2.79. The highest BCUT2D eigenvalue weighted by Crippen LogP contribution is 2.08. The van der Waals surface area contributed by atoms with Gasteiger partial charge in [-0.15, -0.1) is 0 Å². The molecule has 1 aromatic carbocycles. The van der Waals surface area contributed by atoms with E-state index >= 15 is 0 Å². The van der Waals surface area contributed by atoms with Crippen molar-refractivity contribution in [3.63, 3.8) is 0 Å². The first kappa shape index (κ1) is 10.0. The van der Waals surface area contributed by atoms with E-state index in [1.165, 1.54) is 0 Å². The van der Waals surface area contributed by atoms with Crippen molar-refractivity contribution in [1.29, 1.82) is 0 Å². The molecule has 0 fully saturated rings. The summed E-state index contributed by atoms with van der Waals surface area (Å²) in [5, 5.41) is 2.83. The van der Waals surface area contributed by atoms with Crippen LogP contribution in [0.15, 0.2) is 29.3 Å². The molecular formula is C9H12N4O. The third-order valence-corrected chi connectivity index (χ3v) is 1.68. The van der Waals surface area contributed by atoms with Crippen LogP contribution in [0.25, 0.3) is 0 Å². The second-order valence-electron chi connectivity index (χ2n) is 2.68. The summed E-state index contributed by atoms with van der Waals surface area (Å²) in [6, 6.07) is 6.65. The molecule has 1 rings (SSSR count). The van der Waals surface area contributed by atoms with Crippen LogP contribution in [0.3, 0.4) is 0 Å². The molecule has 5 nitrogen and oxygen atoms in total. The zero-order valence-electron chi connectivity index (χ0n) is 7.82. The second-order valence-corrected chi connectivity index (χ2v) is 2.68. The molecule has 0 aliphatic heterocycles. The van der Waals surface area contributed by atoms with Crippen LogP contribution in [0.1, 0.15) is 10.4 Å². The summed E-state index contributed by atoms with van der Waals surface area (Å²) in [5.74, 6) is -0.134. The van der Waals surface area contributed by atoms with E-state index in [-0.39, 0.29) is 0 Å². The van der Waals surface area contributed by atoms with Crippen molar-refractivity contribution in [2.45, 2.75) is 0 Å². The van der Waals surface area contributed by atoms with Gasteiger partial charge in [-0.05, 0) is 24.3 Å². The van der Waals surface area contributed by atoms with Gasteiger partial charge in [-0.2, -0.15) is 0 Å². The summed E-state index contributed by atoms with van der Waals surface area (Å²) >= 11 is 0. The number of guanidine groups is 1. The predicted octanol–water partition coefficient (Wildman–Crippen LogP) is 0.142. The number of nitrogens with one attached hydrogen (secondary N) is 1. The highest BCUT2D eigenvalue weighted by molar-refractivity contribution is 5.95. The SMILES string of the molecule is CN=C(N)Nc1ccc(C(N)=O)cc1. The van der Waals surface area contributed by atoms with Gasteiger partial charge in [-0.1, -0.05) is 0 Å². The van der Waals surface area contributed by atoms with Crippen LogP contribution in [0.5, 0.6) is 0 Å². The molecule has 0 saturated heterocycles. The van der Waals surface area contributed by atoms with Crippen LogP contribution in [0, 0.1) is 0 Å². The van der Waals surface area contributed by atoms with Crippen molar-refractivity contribution in [3.05, 3.63) is 29.8 Å². The van der Waals surface area contributed by atoms with Crippen molar-refractivity contribution in [2.75, 3.05) is 12.4 Å². The van der Waals surface area contributed by atoms with Crippen LogP contribution in [-0.4, -0.2) is 18.9 Å². The number of hydrogen-bond acceptors (Lipinski definition) is 2. The van der Waals surface area contributed by atoms with E-state index in [1.807, 2.05) is 0 Å². The van der Waals surface area contributed by atoms with Crippen LogP contribution in [0.4, 0.5) is 5.69 Å². The van der Waals surface area contributed by atoms with Crippen molar-refractivity contribution in [3.8, 4) is 0 Å². The van der Waals surface area contributed by atoms with Gasteiger partial charge >= 0.3 is 0 Å². The fraction of sp³-hybridized carbons (Fsp3) is 0.111. The lowest BCUT2D eigenvalue weighted by atomic mass is 10.2. The summed E-state index contributed by atoms with van der Waals surface area (Å²) in [4.78, 5) is 14.5. The molecule has 0 spiro atoms. The highest BCUT2D eigenvalue weighted by atomic mass is 16.1. The molecule has 0 aliphatic carbocycles. The number of amides is 1. The molecule has 0 bridgehead atoms. The maximum Gasteiger partial charge on any atom is 0.248 e. The van der Waals surface area contributed by atoms with Crippen molar-refractivity contribution < 1.29 is 4.79 Å². The Morgan fingerprint density at radius 3 is 2.29 bits per heavy atom. The number of hydrogen-bond donors (Lipinski definition) is 3. The van der Waals surface area contributed by atoms with Gasteiger partial charge in [0, 0.05) is 18.3 Å². The third-order valence-electron chi connectivity index (χ3n) is 1.68. The van der Waals surface area contributed by atoms with Gasteiger partial charge in [0.25, 0.3) is 0 Å². The number of benzene rings is 1. The highest BCUT2D eigenvalue weighted by Gasteiger charge is 1.99. The van der Waals surface area contributed by atoms with Crippen LogP contribution < -0.4 is 16.8 Å².